The van der Waals surface area contributed by atoms with Gasteiger partial charge in [0, 0.05) is 18.9 Å². The van der Waals surface area contributed by atoms with Gasteiger partial charge in [0.25, 0.3) is 0 Å². The quantitative estimate of drug-likeness (QED) is 0.592. The fourth-order valence-electron chi connectivity index (χ4n) is 2.64. The number of nitrogens with zero attached hydrogens (tertiary/aromatic N) is 1. The zero-order chi connectivity index (χ0) is 13.9. The predicted molar refractivity (Wildman–Crippen MR) is 75.0 cm³/mol. The number of thiocarbonyl (C=S) groups is 1. The Morgan fingerprint density at radius 3 is 2.28 bits per heavy atom. The Kier molecular flexibility index (Phi) is 4.85. The van der Waals surface area contributed by atoms with Crippen LogP contribution in [-0.4, -0.2) is 27.7 Å². The lowest BCUT2D eigenvalue weighted by atomic mass is 9.81. The van der Waals surface area contributed by atoms with E-state index in [4.69, 9.17) is 18.0 Å². The predicted octanol–water partition coefficient (Wildman–Crippen LogP) is 2.01. The maximum atomic E-state index is 12.5. The molecule has 2 amide bonds. The first-order valence-corrected chi connectivity index (χ1v) is 6.97. The van der Waals surface area contributed by atoms with Crippen LogP contribution in [0.1, 0.15) is 52.9 Å². The van der Waals surface area contributed by atoms with E-state index in [1.165, 1.54) is 4.90 Å². The van der Waals surface area contributed by atoms with E-state index in [0.717, 1.165) is 0 Å². The molecule has 1 fully saturated rings. The highest BCUT2D eigenvalue weighted by Crippen LogP contribution is 2.40. The molecule has 0 spiro atoms. The van der Waals surface area contributed by atoms with Crippen LogP contribution in [0.5, 0.6) is 0 Å². The molecule has 0 aromatic carbocycles. The molecule has 102 valence electrons. The summed E-state index contributed by atoms with van der Waals surface area (Å²) in [6.07, 6.45) is 2.85. The standard InChI is InChI=1S/C13H22N2O2S/c1-4-9(7-10(14)18)15-11(16)8-13(5-2,6-3)12(15)17/h9H,4-8H2,1-3H3,(H2,14,18). The third-order valence-corrected chi connectivity index (χ3v) is 4.22. The number of hydrogen-bond donors (Lipinski definition) is 1. The molecule has 5 heteroatoms. The second kappa shape index (κ2) is 5.78. The van der Waals surface area contributed by atoms with Crippen LogP contribution in [0, 0.1) is 5.41 Å². The molecule has 0 bridgehead atoms. The van der Waals surface area contributed by atoms with Gasteiger partial charge in [-0.1, -0.05) is 33.0 Å². The van der Waals surface area contributed by atoms with Gasteiger partial charge in [0.2, 0.25) is 11.8 Å². The summed E-state index contributed by atoms with van der Waals surface area (Å²) in [5, 5.41) is 0. The first-order chi connectivity index (χ1) is 8.41. The van der Waals surface area contributed by atoms with Gasteiger partial charge >= 0.3 is 0 Å². The van der Waals surface area contributed by atoms with Crippen molar-refractivity contribution in [1.82, 2.24) is 4.90 Å². The molecule has 18 heavy (non-hydrogen) atoms. The van der Waals surface area contributed by atoms with Gasteiger partial charge in [-0.05, 0) is 19.3 Å². The maximum Gasteiger partial charge on any atom is 0.236 e. The molecule has 0 saturated carbocycles. The summed E-state index contributed by atoms with van der Waals surface area (Å²) in [6.45, 7) is 5.88. The van der Waals surface area contributed by atoms with E-state index >= 15 is 0 Å². The molecule has 1 unspecified atom stereocenters. The van der Waals surface area contributed by atoms with Crippen molar-refractivity contribution in [2.24, 2.45) is 11.1 Å². The number of carbonyl (C=O) groups is 2. The van der Waals surface area contributed by atoms with Crippen molar-refractivity contribution >= 4 is 29.0 Å². The minimum atomic E-state index is -0.499. The third kappa shape index (κ3) is 2.55. The van der Waals surface area contributed by atoms with Crippen molar-refractivity contribution in [2.75, 3.05) is 0 Å². The number of hydrogen-bond acceptors (Lipinski definition) is 3. The van der Waals surface area contributed by atoms with E-state index in [-0.39, 0.29) is 17.9 Å². The zero-order valence-corrected chi connectivity index (χ0v) is 12.2. The molecule has 1 saturated heterocycles. The van der Waals surface area contributed by atoms with Gasteiger partial charge in [-0.15, -0.1) is 0 Å². The Balaban J connectivity index is 2.99. The molecule has 1 aliphatic heterocycles. The van der Waals surface area contributed by atoms with Crippen LogP contribution >= 0.6 is 12.2 Å². The molecule has 0 aliphatic carbocycles. The number of carbonyl (C=O) groups excluding carboxylic acids is 2. The Morgan fingerprint density at radius 2 is 1.94 bits per heavy atom. The van der Waals surface area contributed by atoms with Crippen molar-refractivity contribution in [3.8, 4) is 0 Å². The summed E-state index contributed by atoms with van der Waals surface area (Å²) < 4.78 is 0. The van der Waals surface area contributed by atoms with Crippen LogP contribution in [-0.2, 0) is 9.59 Å². The molecule has 1 heterocycles. The van der Waals surface area contributed by atoms with E-state index in [9.17, 15) is 9.59 Å². The minimum absolute atomic E-state index is 0.0411. The molecule has 0 aromatic heterocycles. The minimum Gasteiger partial charge on any atom is -0.393 e. The summed E-state index contributed by atoms with van der Waals surface area (Å²) >= 11 is 4.89. The second-order valence-corrected chi connectivity index (χ2v) is 5.49. The molecule has 0 radical (unpaired) electrons. The summed E-state index contributed by atoms with van der Waals surface area (Å²) in [6, 6.07) is -0.178. The Morgan fingerprint density at radius 1 is 1.39 bits per heavy atom. The van der Waals surface area contributed by atoms with E-state index < -0.39 is 5.41 Å². The zero-order valence-electron chi connectivity index (χ0n) is 11.4. The summed E-state index contributed by atoms with van der Waals surface area (Å²) in [7, 11) is 0. The van der Waals surface area contributed by atoms with Gasteiger partial charge in [-0.3, -0.25) is 14.5 Å². The summed E-state index contributed by atoms with van der Waals surface area (Å²) in [4.78, 5) is 26.4. The van der Waals surface area contributed by atoms with Gasteiger partial charge in [-0.2, -0.15) is 0 Å². The summed E-state index contributed by atoms with van der Waals surface area (Å²) in [5.41, 5.74) is 5.04. The third-order valence-electron chi connectivity index (χ3n) is 4.06. The van der Waals surface area contributed by atoms with Crippen molar-refractivity contribution < 1.29 is 9.59 Å². The largest absolute Gasteiger partial charge is 0.393 e. The van der Waals surface area contributed by atoms with Gasteiger partial charge in [0.05, 0.1) is 10.4 Å². The lowest BCUT2D eigenvalue weighted by Crippen LogP contribution is -2.43. The van der Waals surface area contributed by atoms with Crippen LogP contribution in [0.3, 0.4) is 0 Å². The van der Waals surface area contributed by atoms with E-state index in [0.29, 0.717) is 37.1 Å². The van der Waals surface area contributed by atoms with Crippen molar-refractivity contribution in [3.63, 3.8) is 0 Å². The number of imide groups is 1. The van der Waals surface area contributed by atoms with Crippen LogP contribution in [0.2, 0.25) is 0 Å². The van der Waals surface area contributed by atoms with Crippen LogP contribution in [0.25, 0.3) is 0 Å². The Bertz CT molecular complexity index is 364. The van der Waals surface area contributed by atoms with Crippen LogP contribution in [0.4, 0.5) is 0 Å². The highest BCUT2D eigenvalue weighted by Gasteiger charge is 2.50. The Labute approximate surface area is 114 Å². The van der Waals surface area contributed by atoms with E-state index in [1.807, 2.05) is 20.8 Å². The molecule has 1 rings (SSSR count). The molecule has 1 aliphatic rings. The molecular weight excluding hydrogens is 248 g/mol. The first kappa shape index (κ1) is 15.1. The average Bonchev–Trinajstić information content (AvgIpc) is 2.58. The molecule has 2 N–H and O–H groups in total. The van der Waals surface area contributed by atoms with Gasteiger partial charge in [-0.25, -0.2) is 0 Å². The van der Waals surface area contributed by atoms with E-state index in [2.05, 4.69) is 0 Å². The number of rotatable bonds is 6. The highest BCUT2D eigenvalue weighted by atomic mass is 32.1. The molecule has 4 nitrogen and oxygen atoms in total. The number of amides is 2. The fourth-order valence-corrected chi connectivity index (χ4v) is 2.83. The van der Waals surface area contributed by atoms with Crippen molar-refractivity contribution in [2.45, 2.75) is 58.9 Å². The van der Waals surface area contributed by atoms with Gasteiger partial charge < -0.3 is 5.73 Å². The lowest BCUT2D eigenvalue weighted by molar-refractivity contribution is -0.144. The summed E-state index contributed by atoms with van der Waals surface area (Å²) in [5.74, 6) is -0.118. The molecule has 1 atom stereocenters. The normalized spacial score (nSPS) is 20.3. The average molecular weight is 270 g/mol. The van der Waals surface area contributed by atoms with Gasteiger partial charge in [0.15, 0.2) is 0 Å². The highest BCUT2D eigenvalue weighted by molar-refractivity contribution is 7.80. The Hall–Kier alpha value is -0.970. The van der Waals surface area contributed by atoms with Crippen molar-refractivity contribution in [1.29, 1.82) is 0 Å². The van der Waals surface area contributed by atoms with E-state index in [1.54, 1.807) is 0 Å². The molecule has 0 aromatic rings. The fraction of sp³-hybridized carbons (Fsp3) is 0.769. The van der Waals surface area contributed by atoms with Crippen molar-refractivity contribution in [3.05, 3.63) is 0 Å². The lowest BCUT2D eigenvalue weighted by Gasteiger charge is -2.28. The first-order valence-electron chi connectivity index (χ1n) is 6.56. The van der Waals surface area contributed by atoms with Gasteiger partial charge in [0.1, 0.15) is 0 Å². The number of likely N-dealkylation sites (tertiary alicyclic amines) is 1. The maximum absolute atomic E-state index is 12.5. The number of nitrogens with two attached hydrogens (primary N) is 1. The smallest absolute Gasteiger partial charge is 0.236 e. The van der Waals surface area contributed by atoms with Crippen LogP contribution in [0.15, 0.2) is 0 Å². The topological polar surface area (TPSA) is 63.4 Å². The molecular formula is C13H22N2O2S. The second-order valence-electron chi connectivity index (χ2n) is 4.97. The van der Waals surface area contributed by atoms with Crippen LogP contribution < -0.4 is 5.73 Å². The monoisotopic (exact) mass is 270 g/mol. The SMILES string of the molecule is CCC(CC(N)=S)N1C(=O)CC(CC)(CC)C1=O.